The van der Waals surface area contributed by atoms with Gasteiger partial charge in [-0.1, -0.05) is 339 Å². The van der Waals surface area contributed by atoms with Gasteiger partial charge < -0.3 is 28.7 Å². The lowest BCUT2D eigenvalue weighted by molar-refractivity contribution is -0.151. The Bertz CT molecular complexity index is 1530. The number of esters is 4. The van der Waals surface area contributed by atoms with Crippen LogP contribution in [0.4, 0.5) is 0 Å². The van der Waals surface area contributed by atoms with Crippen molar-refractivity contribution in [3.63, 3.8) is 0 Å². The van der Waals surface area contributed by atoms with Crippen LogP contribution in [0.5, 0.6) is 0 Å². The summed E-state index contributed by atoms with van der Waals surface area (Å²) in [7, 11) is 4.52. The molecule has 0 bridgehead atoms. The summed E-state index contributed by atoms with van der Waals surface area (Å²) in [5.41, 5.74) is 0. The highest BCUT2D eigenvalue weighted by Gasteiger charge is 2.17. The molecular weight excluding hydrogens is 1210 g/mol. The van der Waals surface area contributed by atoms with E-state index >= 15 is 0 Å². The Kier molecular flexibility index (Phi) is 90.9. The molecule has 0 aromatic heterocycles. The predicted octanol–water partition coefficient (Wildman–Crippen LogP) is 27.9. The SMILES string of the molecule is C.C.CCCCCCCCC(CCCCCCCC)OC(=O)CCCCCCCN(C)CCCCCCCCCC(=O)OCCCCCCC.CCCCCCCCC(CCCCCCCC)OC(=O)CCCCCCCN(C)CCCCCCCCCCCC(=O)OCCCCC. The molecule has 0 rings (SSSR count). The second-order valence-electron chi connectivity index (χ2n) is 29.8. The molecule has 588 valence electrons. The zero-order valence-corrected chi connectivity index (χ0v) is 66.2. The first kappa shape index (κ1) is 102. The largest absolute Gasteiger partial charge is 0.466 e. The topological polar surface area (TPSA) is 112 Å². The molecule has 0 saturated carbocycles. The predicted molar refractivity (Wildman–Crippen MR) is 429 cm³/mol. The highest BCUT2D eigenvalue weighted by Crippen LogP contribution is 2.22. The van der Waals surface area contributed by atoms with Crippen LogP contribution in [0.1, 0.15) is 480 Å². The van der Waals surface area contributed by atoms with Crippen LogP contribution in [-0.2, 0) is 38.1 Å². The summed E-state index contributed by atoms with van der Waals surface area (Å²) in [6.45, 7) is 19.4. The van der Waals surface area contributed by atoms with Crippen molar-refractivity contribution in [1.29, 1.82) is 0 Å². The molecule has 0 aliphatic carbocycles. The third-order valence-corrected chi connectivity index (χ3v) is 19.8. The Hall–Kier alpha value is -2.20. The number of carbonyl (C=O) groups excluding carboxylic acids is 4. The highest BCUT2D eigenvalue weighted by molar-refractivity contribution is 5.70. The van der Waals surface area contributed by atoms with Gasteiger partial charge in [-0.25, -0.2) is 0 Å². The van der Waals surface area contributed by atoms with E-state index in [1.807, 2.05) is 0 Å². The Balaban J connectivity index is -0.000000884. The van der Waals surface area contributed by atoms with E-state index in [4.69, 9.17) is 18.9 Å². The van der Waals surface area contributed by atoms with Crippen LogP contribution >= 0.6 is 0 Å². The Morgan fingerprint density at radius 2 is 0.398 bits per heavy atom. The van der Waals surface area contributed by atoms with Gasteiger partial charge in [-0.3, -0.25) is 19.2 Å². The van der Waals surface area contributed by atoms with Gasteiger partial charge in [-0.15, -0.1) is 0 Å². The quantitative estimate of drug-likeness (QED) is 0.0331. The van der Waals surface area contributed by atoms with Crippen LogP contribution in [0.2, 0.25) is 0 Å². The minimum atomic E-state index is -0.00849. The van der Waals surface area contributed by atoms with E-state index in [1.165, 1.54) is 322 Å². The van der Waals surface area contributed by atoms with Crippen molar-refractivity contribution >= 4 is 23.9 Å². The van der Waals surface area contributed by atoms with E-state index in [9.17, 15) is 19.2 Å². The number of unbranched alkanes of at least 4 members (excludes halogenated alkanes) is 48. The van der Waals surface area contributed by atoms with Gasteiger partial charge in [0, 0.05) is 25.7 Å². The molecule has 0 aromatic carbocycles. The lowest BCUT2D eigenvalue weighted by Crippen LogP contribution is -2.20. The van der Waals surface area contributed by atoms with Crippen LogP contribution in [0.25, 0.3) is 0 Å². The summed E-state index contributed by atoms with van der Waals surface area (Å²) in [5, 5.41) is 0. The average molecular weight is 1390 g/mol. The fourth-order valence-corrected chi connectivity index (χ4v) is 13.2. The van der Waals surface area contributed by atoms with E-state index in [1.54, 1.807) is 0 Å². The summed E-state index contributed by atoms with van der Waals surface area (Å²) in [6, 6.07) is 0. The summed E-state index contributed by atoms with van der Waals surface area (Å²) in [4.78, 5) is 53.8. The highest BCUT2D eigenvalue weighted by atomic mass is 16.6. The second-order valence-corrected chi connectivity index (χ2v) is 29.8. The van der Waals surface area contributed by atoms with Crippen LogP contribution in [-0.4, -0.2) is 99.4 Å². The van der Waals surface area contributed by atoms with E-state index in [0.717, 1.165) is 103 Å². The Morgan fingerprint density at radius 3 is 0.643 bits per heavy atom. The molecule has 10 nitrogen and oxygen atoms in total. The zero-order valence-electron chi connectivity index (χ0n) is 66.2. The first-order valence-electron chi connectivity index (χ1n) is 43.1. The maximum atomic E-state index is 12.6. The molecule has 0 aromatic rings. The van der Waals surface area contributed by atoms with Crippen molar-refractivity contribution in [3.05, 3.63) is 0 Å². The minimum absolute atomic E-state index is 0. The van der Waals surface area contributed by atoms with Gasteiger partial charge in [0.05, 0.1) is 13.2 Å². The van der Waals surface area contributed by atoms with E-state index in [-0.39, 0.29) is 50.9 Å². The molecule has 0 saturated heterocycles. The standard InChI is InChI=1S/2C43H85NO4.2CH4/c1-5-8-11-13-21-27-34-41(35-28-22-14-12-9-6-2)48-43(46)37-30-24-20-26-32-39-44(4)38-31-25-19-17-15-16-18-23-29-36-42(45)47-40-33-10-7-3;1-5-8-11-14-20-27-34-41(35-28-21-15-12-9-6-2)48-43(46)37-30-23-19-25-32-39-44(4)38-31-24-18-16-17-22-29-36-42(45)47-40-33-26-13-10-7-3;;/h2*41H,5-40H2,1-4H3;2*1H4. The number of ether oxygens (including phenoxy) is 4. The summed E-state index contributed by atoms with van der Waals surface area (Å²) in [6.07, 6.45) is 78.9. The average Bonchev–Trinajstić information content (AvgIpc) is 3.60. The molecule has 0 fully saturated rings. The molecule has 0 unspecified atom stereocenters. The smallest absolute Gasteiger partial charge is 0.306 e. The summed E-state index contributed by atoms with van der Waals surface area (Å²) >= 11 is 0. The number of rotatable bonds is 78. The van der Waals surface area contributed by atoms with Crippen LogP contribution in [0.3, 0.4) is 0 Å². The lowest BCUT2D eigenvalue weighted by Gasteiger charge is -2.18. The molecule has 0 amide bonds. The number of carbonyl (C=O) groups is 4. The number of hydrogen-bond donors (Lipinski definition) is 0. The van der Waals surface area contributed by atoms with Crippen molar-refractivity contribution < 1.29 is 38.1 Å². The lowest BCUT2D eigenvalue weighted by atomic mass is 10.0. The molecule has 0 N–H and O–H groups in total. The van der Waals surface area contributed by atoms with Gasteiger partial charge in [0.1, 0.15) is 12.2 Å². The monoisotopic (exact) mass is 1390 g/mol. The maximum absolute atomic E-state index is 12.6. The van der Waals surface area contributed by atoms with Gasteiger partial charge in [-0.05, 0) is 156 Å². The summed E-state index contributed by atoms with van der Waals surface area (Å²) in [5.74, 6) is 0.0735. The van der Waals surface area contributed by atoms with Gasteiger partial charge in [0.15, 0.2) is 0 Å². The zero-order chi connectivity index (χ0) is 70.4. The van der Waals surface area contributed by atoms with Crippen molar-refractivity contribution in [2.75, 3.05) is 53.5 Å². The van der Waals surface area contributed by atoms with Crippen molar-refractivity contribution in [3.8, 4) is 0 Å². The van der Waals surface area contributed by atoms with Crippen molar-refractivity contribution in [2.45, 2.75) is 492 Å². The van der Waals surface area contributed by atoms with Crippen molar-refractivity contribution in [2.24, 2.45) is 0 Å². The van der Waals surface area contributed by atoms with Crippen molar-refractivity contribution in [1.82, 2.24) is 9.80 Å². The van der Waals surface area contributed by atoms with E-state index < -0.39 is 0 Å². The molecule has 0 heterocycles. The maximum Gasteiger partial charge on any atom is 0.306 e. The molecule has 10 heteroatoms. The normalized spacial score (nSPS) is 11.3. The third-order valence-electron chi connectivity index (χ3n) is 19.8. The Labute approximate surface area is 614 Å². The molecule has 0 atom stereocenters. The fraction of sp³-hybridized carbons (Fsp3) is 0.955. The molecule has 0 spiro atoms. The van der Waals surface area contributed by atoms with Gasteiger partial charge in [0.2, 0.25) is 0 Å². The van der Waals surface area contributed by atoms with E-state index in [0.29, 0.717) is 38.9 Å². The Morgan fingerprint density at radius 1 is 0.224 bits per heavy atom. The van der Waals surface area contributed by atoms with Gasteiger partial charge in [-0.2, -0.15) is 0 Å². The first-order valence-corrected chi connectivity index (χ1v) is 43.1. The fourth-order valence-electron chi connectivity index (χ4n) is 13.2. The molecule has 0 aliphatic heterocycles. The summed E-state index contributed by atoms with van der Waals surface area (Å²) < 4.78 is 22.7. The second kappa shape index (κ2) is 87.2. The van der Waals surface area contributed by atoms with Crippen LogP contribution < -0.4 is 0 Å². The van der Waals surface area contributed by atoms with Crippen LogP contribution in [0, 0.1) is 0 Å². The molecule has 0 radical (unpaired) electrons. The molecule has 0 aliphatic rings. The third kappa shape index (κ3) is 84.5. The van der Waals surface area contributed by atoms with Crippen LogP contribution in [0.15, 0.2) is 0 Å². The molecule has 98 heavy (non-hydrogen) atoms. The minimum Gasteiger partial charge on any atom is -0.466 e. The number of hydrogen-bond acceptors (Lipinski definition) is 10. The van der Waals surface area contributed by atoms with Gasteiger partial charge >= 0.3 is 23.9 Å². The first-order chi connectivity index (χ1) is 47.1. The molecular formula is C88H178N2O8. The van der Waals surface area contributed by atoms with Gasteiger partial charge in [0.25, 0.3) is 0 Å². The van der Waals surface area contributed by atoms with E-state index in [2.05, 4.69) is 65.4 Å². The number of nitrogens with zero attached hydrogens (tertiary/aromatic N) is 2.